The number of nitrogens with zero attached hydrogens (tertiary/aromatic N) is 4. The number of aromatic nitrogens is 4. The molecule has 3 rings (SSSR count). The maximum Gasteiger partial charge on any atom is 0.226 e. The normalized spacial score (nSPS) is 11.0. The van der Waals surface area contributed by atoms with E-state index in [1.807, 2.05) is 28.8 Å². The maximum absolute atomic E-state index is 6.03. The van der Waals surface area contributed by atoms with E-state index in [4.69, 9.17) is 23.2 Å². The molecule has 0 amide bonds. The molecule has 0 unspecified atom stereocenters. The average Bonchev–Trinajstić information content (AvgIpc) is 2.90. The van der Waals surface area contributed by atoms with Crippen LogP contribution >= 0.6 is 23.2 Å². The van der Waals surface area contributed by atoms with E-state index in [1.165, 1.54) is 0 Å². The fourth-order valence-corrected chi connectivity index (χ4v) is 2.52. The van der Waals surface area contributed by atoms with Crippen molar-refractivity contribution in [1.29, 1.82) is 0 Å². The molecule has 5 nitrogen and oxygen atoms in total. The van der Waals surface area contributed by atoms with Gasteiger partial charge >= 0.3 is 0 Å². The zero-order chi connectivity index (χ0) is 15.5. The number of hydrogen-bond acceptors (Lipinski definition) is 4. The van der Waals surface area contributed by atoms with E-state index in [2.05, 4.69) is 27.2 Å². The van der Waals surface area contributed by atoms with Crippen LogP contribution < -0.4 is 5.32 Å². The van der Waals surface area contributed by atoms with E-state index in [0.29, 0.717) is 12.4 Å². The summed E-state index contributed by atoms with van der Waals surface area (Å²) in [6, 6.07) is 7.64. The highest BCUT2D eigenvalue weighted by Crippen LogP contribution is 2.22. The van der Waals surface area contributed by atoms with E-state index < -0.39 is 0 Å². The van der Waals surface area contributed by atoms with Gasteiger partial charge in [0.05, 0.1) is 6.33 Å². The lowest BCUT2D eigenvalue weighted by molar-refractivity contribution is 0.691. The highest BCUT2D eigenvalue weighted by molar-refractivity contribution is 6.30. The van der Waals surface area contributed by atoms with Crippen LogP contribution in [0.3, 0.4) is 0 Å². The van der Waals surface area contributed by atoms with Gasteiger partial charge in [0.15, 0.2) is 17.0 Å². The van der Waals surface area contributed by atoms with Crippen LogP contribution in [0.2, 0.25) is 10.3 Å². The van der Waals surface area contributed by atoms with Crippen LogP contribution in [0.25, 0.3) is 11.2 Å². The zero-order valence-electron chi connectivity index (χ0n) is 12.1. The zero-order valence-corrected chi connectivity index (χ0v) is 13.6. The van der Waals surface area contributed by atoms with Gasteiger partial charge in [-0.15, -0.1) is 0 Å². The number of rotatable bonds is 5. The Labute approximate surface area is 138 Å². The van der Waals surface area contributed by atoms with E-state index >= 15 is 0 Å². The molecular formula is C15H15Cl2N5. The molecule has 0 spiro atoms. The topological polar surface area (TPSA) is 55.6 Å². The molecule has 0 saturated carbocycles. The lowest BCUT2D eigenvalue weighted by atomic mass is 10.2. The molecular weight excluding hydrogens is 321 g/mol. The first-order valence-corrected chi connectivity index (χ1v) is 7.79. The molecule has 3 aromatic rings. The summed E-state index contributed by atoms with van der Waals surface area (Å²) in [5.41, 5.74) is 2.58. The average molecular weight is 336 g/mol. The Hall–Kier alpha value is -1.85. The Morgan fingerprint density at radius 2 is 1.91 bits per heavy atom. The molecule has 0 bridgehead atoms. The number of hydrogen-bond donors (Lipinski definition) is 1. The van der Waals surface area contributed by atoms with E-state index in [1.54, 1.807) is 6.33 Å². The molecule has 1 N–H and O–H groups in total. The second-order valence-electron chi connectivity index (χ2n) is 4.93. The molecule has 0 aliphatic carbocycles. The number of aryl methyl sites for hydroxylation is 1. The lowest BCUT2D eigenvalue weighted by Gasteiger charge is -2.07. The summed E-state index contributed by atoms with van der Waals surface area (Å²) in [4.78, 5) is 12.9. The third-order valence-electron chi connectivity index (χ3n) is 3.27. The Morgan fingerprint density at radius 1 is 1.14 bits per heavy atom. The van der Waals surface area contributed by atoms with Gasteiger partial charge in [-0.3, -0.25) is 0 Å². The van der Waals surface area contributed by atoms with Crippen molar-refractivity contribution in [3.8, 4) is 0 Å². The van der Waals surface area contributed by atoms with Crippen LogP contribution in [0.5, 0.6) is 0 Å². The fourth-order valence-electron chi connectivity index (χ4n) is 2.23. The van der Waals surface area contributed by atoms with Crippen molar-refractivity contribution in [3.63, 3.8) is 0 Å². The van der Waals surface area contributed by atoms with Gasteiger partial charge in [-0.25, -0.2) is 4.98 Å². The molecule has 22 heavy (non-hydrogen) atoms. The third-order valence-corrected chi connectivity index (χ3v) is 3.70. The smallest absolute Gasteiger partial charge is 0.226 e. The van der Waals surface area contributed by atoms with Gasteiger partial charge < -0.3 is 9.88 Å². The summed E-state index contributed by atoms with van der Waals surface area (Å²) < 4.78 is 1.98. The highest BCUT2D eigenvalue weighted by Gasteiger charge is 2.12. The van der Waals surface area contributed by atoms with Gasteiger partial charge in [-0.2, -0.15) is 9.97 Å². The molecule has 2 heterocycles. The van der Waals surface area contributed by atoms with Crippen molar-refractivity contribution in [2.45, 2.75) is 26.4 Å². The summed E-state index contributed by atoms with van der Waals surface area (Å²) >= 11 is 11.9. The van der Waals surface area contributed by atoms with Crippen LogP contribution in [0, 0.1) is 0 Å². The number of benzene rings is 1. The quantitative estimate of drug-likeness (QED) is 0.711. The van der Waals surface area contributed by atoms with E-state index in [-0.39, 0.29) is 5.28 Å². The Morgan fingerprint density at radius 3 is 2.64 bits per heavy atom. The monoisotopic (exact) mass is 335 g/mol. The summed E-state index contributed by atoms with van der Waals surface area (Å²) in [6.07, 6.45) is 2.77. The van der Waals surface area contributed by atoms with Crippen LogP contribution in [-0.4, -0.2) is 19.5 Å². The number of fused-ring (bicyclic) bond motifs is 1. The number of halogens is 2. The molecule has 114 valence electrons. The van der Waals surface area contributed by atoms with Crippen molar-refractivity contribution in [1.82, 2.24) is 19.5 Å². The van der Waals surface area contributed by atoms with Crippen LogP contribution in [0.1, 0.15) is 18.9 Å². The minimum atomic E-state index is 0.212. The Kier molecular flexibility index (Phi) is 4.45. The van der Waals surface area contributed by atoms with Crippen molar-refractivity contribution in [2.75, 3.05) is 5.32 Å². The minimum absolute atomic E-state index is 0.212. The second-order valence-corrected chi connectivity index (χ2v) is 5.71. The predicted octanol–water partition coefficient (Wildman–Crippen LogP) is 4.16. The Balaban J connectivity index is 1.88. The number of nitrogens with one attached hydrogen (secondary N) is 1. The molecule has 1 aromatic carbocycles. The predicted molar refractivity (Wildman–Crippen MR) is 89.4 cm³/mol. The first-order chi connectivity index (χ1) is 10.7. The molecule has 0 aliphatic heterocycles. The van der Waals surface area contributed by atoms with Crippen molar-refractivity contribution in [2.24, 2.45) is 0 Å². The first kappa shape index (κ1) is 15.1. The molecule has 0 aliphatic rings. The Bertz CT molecular complexity index is 782. The van der Waals surface area contributed by atoms with Gasteiger partial charge in [0, 0.05) is 18.1 Å². The SMILES string of the molecule is CCCn1cnc2c(NCc3ccc(Cl)cc3)nc(Cl)nc21. The second kappa shape index (κ2) is 6.50. The highest BCUT2D eigenvalue weighted by atomic mass is 35.5. The van der Waals surface area contributed by atoms with Gasteiger partial charge in [-0.1, -0.05) is 30.7 Å². The summed E-state index contributed by atoms with van der Waals surface area (Å²) in [6.45, 7) is 3.56. The van der Waals surface area contributed by atoms with Crippen LogP contribution in [0.4, 0.5) is 5.82 Å². The fraction of sp³-hybridized carbons (Fsp3) is 0.267. The molecule has 0 saturated heterocycles. The number of anilines is 1. The molecule has 0 radical (unpaired) electrons. The third kappa shape index (κ3) is 3.15. The first-order valence-electron chi connectivity index (χ1n) is 7.04. The standard InChI is InChI=1S/C15H15Cl2N5/c1-2-7-22-9-19-12-13(20-15(17)21-14(12)22)18-8-10-3-5-11(16)6-4-10/h3-6,9H,2,7-8H2,1H3,(H,18,20,21). The minimum Gasteiger partial charge on any atom is -0.364 e. The van der Waals surface area contributed by atoms with Gasteiger partial charge in [0.2, 0.25) is 5.28 Å². The maximum atomic E-state index is 6.03. The summed E-state index contributed by atoms with van der Waals surface area (Å²) in [7, 11) is 0. The van der Waals surface area contributed by atoms with Crippen LogP contribution in [-0.2, 0) is 13.1 Å². The van der Waals surface area contributed by atoms with E-state index in [0.717, 1.165) is 34.7 Å². The van der Waals surface area contributed by atoms with Gasteiger partial charge in [0.25, 0.3) is 0 Å². The van der Waals surface area contributed by atoms with Crippen molar-refractivity contribution >= 4 is 40.2 Å². The number of imidazole rings is 1. The molecule has 0 fully saturated rings. The van der Waals surface area contributed by atoms with Crippen LogP contribution in [0.15, 0.2) is 30.6 Å². The molecule has 7 heteroatoms. The van der Waals surface area contributed by atoms with Crippen molar-refractivity contribution < 1.29 is 0 Å². The van der Waals surface area contributed by atoms with Crippen molar-refractivity contribution in [3.05, 3.63) is 46.5 Å². The van der Waals surface area contributed by atoms with Gasteiger partial charge in [0.1, 0.15) is 0 Å². The molecule has 2 aromatic heterocycles. The van der Waals surface area contributed by atoms with E-state index in [9.17, 15) is 0 Å². The summed E-state index contributed by atoms with van der Waals surface area (Å²) in [5, 5.41) is 4.19. The lowest BCUT2D eigenvalue weighted by Crippen LogP contribution is -2.04. The largest absolute Gasteiger partial charge is 0.364 e. The van der Waals surface area contributed by atoms with Gasteiger partial charge in [-0.05, 0) is 35.7 Å². The molecule has 0 atom stereocenters. The summed E-state index contributed by atoms with van der Waals surface area (Å²) in [5.74, 6) is 0.639.